The van der Waals surface area contributed by atoms with E-state index in [1.807, 2.05) is 6.92 Å². The molecule has 0 bridgehead atoms. The van der Waals surface area contributed by atoms with Gasteiger partial charge in [-0.3, -0.25) is 4.79 Å². The van der Waals surface area contributed by atoms with Crippen LogP contribution in [-0.2, 0) is 4.79 Å². The molecule has 1 aliphatic carbocycles. The Labute approximate surface area is 78.1 Å². The normalized spacial score (nSPS) is 36.2. The van der Waals surface area contributed by atoms with E-state index in [2.05, 4.69) is 0 Å². The SMILES string of the molecule is CC(=O)C1(C[NH+]([O-])O)CCC[C@H]1C. The Morgan fingerprint density at radius 2 is 2.38 bits per heavy atom. The minimum Gasteiger partial charge on any atom is -0.600 e. The van der Waals surface area contributed by atoms with Crippen molar-refractivity contribution in [2.75, 3.05) is 6.54 Å². The quantitative estimate of drug-likeness (QED) is 0.618. The van der Waals surface area contributed by atoms with Crippen molar-refractivity contribution in [3.8, 4) is 0 Å². The number of hydrogen-bond donors (Lipinski definition) is 2. The lowest BCUT2D eigenvalue weighted by Gasteiger charge is -2.32. The van der Waals surface area contributed by atoms with Gasteiger partial charge in [0, 0.05) is 0 Å². The van der Waals surface area contributed by atoms with Gasteiger partial charge in [0.15, 0.2) is 0 Å². The molecule has 0 radical (unpaired) electrons. The van der Waals surface area contributed by atoms with Gasteiger partial charge >= 0.3 is 0 Å². The van der Waals surface area contributed by atoms with Gasteiger partial charge in [-0.15, -0.1) is 0 Å². The highest BCUT2D eigenvalue weighted by Crippen LogP contribution is 2.42. The van der Waals surface area contributed by atoms with Gasteiger partial charge in [-0.2, -0.15) is 0 Å². The third-order valence-corrected chi connectivity index (χ3v) is 3.37. The maximum Gasteiger partial charge on any atom is 0.142 e. The van der Waals surface area contributed by atoms with E-state index in [9.17, 15) is 10.0 Å². The molecule has 1 rings (SSSR count). The monoisotopic (exact) mass is 187 g/mol. The van der Waals surface area contributed by atoms with E-state index in [0.717, 1.165) is 19.3 Å². The van der Waals surface area contributed by atoms with Crippen LogP contribution in [0.15, 0.2) is 0 Å². The summed E-state index contributed by atoms with van der Waals surface area (Å²) in [6, 6.07) is 0. The summed E-state index contributed by atoms with van der Waals surface area (Å²) < 4.78 is 0. The van der Waals surface area contributed by atoms with Gasteiger partial charge in [-0.05, 0) is 25.7 Å². The molecule has 3 atom stereocenters. The fraction of sp³-hybridized carbons (Fsp3) is 0.889. The molecule has 1 aliphatic rings. The number of quaternary nitrogens is 1. The van der Waals surface area contributed by atoms with E-state index in [-0.39, 0.29) is 18.2 Å². The van der Waals surface area contributed by atoms with E-state index >= 15 is 0 Å². The molecule has 2 N–H and O–H groups in total. The van der Waals surface area contributed by atoms with Crippen LogP contribution in [0.25, 0.3) is 0 Å². The first-order valence-corrected chi connectivity index (χ1v) is 4.72. The van der Waals surface area contributed by atoms with Crippen LogP contribution >= 0.6 is 0 Å². The maximum absolute atomic E-state index is 11.5. The average molecular weight is 187 g/mol. The van der Waals surface area contributed by atoms with E-state index in [1.54, 1.807) is 0 Å². The zero-order chi connectivity index (χ0) is 10.1. The Bertz CT molecular complexity index is 205. The van der Waals surface area contributed by atoms with Gasteiger partial charge in [0.1, 0.15) is 12.3 Å². The second kappa shape index (κ2) is 3.74. The summed E-state index contributed by atoms with van der Waals surface area (Å²) in [5.41, 5.74) is -0.564. The van der Waals surface area contributed by atoms with Gasteiger partial charge in [-0.25, -0.2) is 10.4 Å². The third kappa shape index (κ3) is 1.90. The van der Waals surface area contributed by atoms with Gasteiger partial charge < -0.3 is 5.21 Å². The number of rotatable bonds is 3. The second-order valence-corrected chi connectivity index (χ2v) is 4.08. The van der Waals surface area contributed by atoms with Crippen LogP contribution in [0, 0.1) is 16.5 Å². The summed E-state index contributed by atoms with van der Waals surface area (Å²) in [6.45, 7) is 3.51. The molecular weight excluding hydrogens is 170 g/mol. The second-order valence-electron chi connectivity index (χ2n) is 4.08. The van der Waals surface area contributed by atoms with Crippen LogP contribution in [0.3, 0.4) is 0 Å². The van der Waals surface area contributed by atoms with E-state index < -0.39 is 10.6 Å². The molecule has 0 aromatic rings. The van der Waals surface area contributed by atoms with Crippen molar-refractivity contribution in [2.24, 2.45) is 11.3 Å². The number of carbonyl (C=O) groups excluding carboxylic acids is 1. The first-order chi connectivity index (χ1) is 5.99. The number of hydrogen-bond acceptors (Lipinski definition) is 3. The van der Waals surface area contributed by atoms with Gasteiger partial charge in [-0.1, -0.05) is 13.3 Å². The summed E-state index contributed by atoms with van der Waals surface area (Å²) in [5, 5.41) is 18.6. The van der Waals surface area contributed by atoms with Crippen molar-refractivity contribution in [3.05, 3.63) is 5.21 Å². The molecule has 0 aromatic heterocycles. The maximum atomic E-state index is 11.5. The number of nitrogens with one attached hydrogen (secondary N) is 1. The van der Waals surface area contributed by atoms with Gasteiger partial charge in [0.2, 0.25) is 0 Å². The highest BCUT2D eigenvalue weighted by molar-refractivity contribution is 5.83. The summed E-state index contributed by atoms with van der Waals surface area (Å²) in [7, 11) is 0. The number of carbonyl (C=O) groups is 1. The minimum absolute atomic E-state index is 0.00347. The first kappa shape index (κ1) is 10.6. The van der Waals surface area contributed by atoms with Gasteiger partial charge in [0.25, 0.3) is 0 Å². The van der Waals surface area contributed by atoms with Crippen LogP contribution in [0.5, 0.6) is 0 Å². The molecule has 0 aromatic carbocycles. The molecule has 0 amide bonds. The fourth-order valence-corrected chi connectivity index (χ4v) is 2.43. The molecule has 1 saturated carbocycles. The minimum atomic E-state index is -0.857. The average Bonchev–Trinajstić information content (AvgIpc) is 2.32. The highest BCUT2D eigenvalue weighted by atomic mass is 16.8. The molecule has 13 heavy (non-hydrogen) atoms. The smallest absolute Gasteiger partial charge is 0.142 e. The van der Waals surface area contributed by atoms with Crippen molar-refractivity contribution in [3.63, 3.8) is 0 Å². The lowest BCUT2D eigenvalue weighted by Crippen LogP contribution is -3.06. The summed E-state index contributed by atoms with van der Waals surface area (Å²) in [4.78, 5) is 11.5. The van der Waals surface area contributed by atoms with Crippen molar-refractivity contribution in [1.29, 1.82) is 0 Å². The summed E-state index contributed by atoms with van der Waals surface area (Å²) >= 11 is 0. The van der Waals surface area contributed by atoms with Crippen molar-refractivity contribution in [2.45, 2.75) is 33.1 Å². The molecular formula is C9H17NO3. The Hall–Kier alpha value is -0.450. The largest absolute Gasteiger partial charge is 0.600 e. The lowest BCUT2D eigenvalue weighted by atomic mass is 9.75. The predicted octanol–water partition coefficient (Wildman–Crippen LogP) is 0.154. The Morgan fingerprint density at radius 3 is 2.69 bits per heavy atom. The predicted molar refractivity (Wildman–Crippen MR) is 47.1 cm³/mol. The first-order valence-electron chi connectivity index (χ1n) is 4.72. The number of Topliss-reactive ketones (excluding diaryl/α,β-unsaturated/α-hetero) is 1. The zero-order valence-electron chi connectivity index (χ0n) is 8.17. The Balaban J connectivity index is 2.80. The Kier molecular flexibility index (Phi) is 3.05. The summed E-state index contributed by atoms with van der Waals surface area (Å²) in [6.07, 6.45) is 2.71. The van der Waals surface area contributed by atoms with Crippen LogP contribution in [-0.4, -0.2) is 17.5 Å². The van der Waals surface area contributed by atoms with Crippen molar-refractivity contribution in [1.82, 2.24) is 0 Å². The molecule has 4 nitrogen and oxygen atoms in total. The third-order valence-electron chi connectivity index (χ3n) is 3.37. The zero-order valence-corrected chi connectivity index (χ0v) is 8.17. The summed E-state index contributed by atoms with van der Waals surface area (Å²) in [5.74, 6) is 0.265. The molecule has 1 fully saturated rings. The number of ketones is 1. The van der Waals surface area contributed by atoms with Crippen molar-refractivity contribution >= 4 is 5.78 Å². The van der Waals surface area contributed by atoms with Crippen LogP contribution in [0.4, 0.5) is 0 Å². The van der Waals surface area contributed by atoms with Gasteiger partial charge in [0.05, 0.1) is 5.41 Å². The molecule has 76 valence electrons. The van der Waals surface area contributed by atoms with Crippen molar-refractivity contribution < 1.29 is 15.2 Å². The molecule has 0 saturated heterocycles. The fourth-order valence-electron chi connectivity index (χ4n) is 2.43. The standard InChI is InChI=1S/C9H17NO3/c1-7-4-3-5-9(7,8(2)11)6-10(12)13/h7,10,12H,3-6H2,1-2H3/t7-,9?/m1/s1. The van der Waals surface area contributed by atoms with E-state index in [4.69, 9.17) is 5.21 Å². The Morgan fingerprint density at radius 1 is 1.77 bits per heavy atom. The van der Waals surface area contributed by atoms with Crippen LogP contribution in [0.1, 0.15) is 33.1 Å². The lowest BCUT2D eigenvalue weighted by molar-refractivity contribution is -1.05. The molecule has 0 heterocycles. The molecule has 0 spiro atoms. The van der Waals surface area contributed by atoms with Crippen LogP contribution < -0.4 is 5.23 Å². The van der Waals surface area contributed by atoms with Crippen LogP contribution in [0.2, 0.25) is 0 Å². The topological polar surface area (TPSA) is 64.8 Å². The number of hydroxylamine groups is 2. The van der Waals surface area contributed by atoms with E-state index in [1.165, 1.54) is 6.92 Å². The highest BCUT2D eigenvalue weighted by Gasteiger charge is 2.46. The molecule has 2 unspecified atom stereocenters. The molecule has 4 heteroatoms. The van der Waals surface area contributed by atoms with E-state index in [0.29, 0.717) is 0 Å². The molecule has 0 aliphatic heterocycles.